The highest BCUT2D eigenvalue weighted by Crippen LogP contribution is 2.28. The van der Waals surface area contributed by atoms with Crippen molar-refractivity contribution in [2.24, 2.45) is 4.99 Å². The summed E-state index contributed by atoms with van der Waals surface area (Å²) in [6, 6.07) is 8.19. The normalized spacial score (nSPS) is 12.4. The minimum absolute atomic E-state index is 0. The Hall–Kier alpha value is -2.51. The largest absolute Gasteiger partial charge is 0.493 e. The van der Waals surface area contributed by atoms with Gasteiger partial charge in [-0.15, -0.1) is 24.0 Å². The minimum atomic E-state index is -4.51. The number of para-hydroxylation sites is 2. The monoisotopic (exact) mass is 568 g/mol. The summed E-state index contributed by atoms with van der Waals surface area (Å²) >= 11 is 0. The molecular formula is C20H28F3IN6O2. The van der Waals surface area contributed by atoms with Gasteiger partial charge in [-0.1, -0.05) is 12.1 Å². The topological polar surface area (TPSA) is 92.7 Å². The van der Waals surface area contributed by atoms with Crippen LogP contribution in [0.15, 0.2) is 41.5 Å². The summed E-state index contributed by atoms with van der Waals surface area (Å²) in [7, 11) is 1.58. The Labute approximate surface area is 202 Å². The minimum Gasteiger partial charge on any atom is -0.493 e. The first-order valence-electron chi connectivity index (χ1n) is 9.79. The fourth-order valence-electron chi connectivity index (χ4n) is 2.49. The average molecular weight is 568 g/mol. The lowest BCUT2D eigenvalue weighted by Crippen LogP contribution is -2.40. The molecule has 1 unspecified atom stereocenters. The number of nitrogens with zero attached hydrogens (tertiary/aromatic N) is 3. The highest BCUT2D eigenvalue weighted by molar-refractivity contribution is 14.0. The van der Waals surface area contributed by atoms with Crippen molar-refractivity contribution in [1.29, 1.82) is 0 Å². The molecule has 1 heterocycles. The van der Waals surface area contributed by atoms with E-state index >= 15 is 0 Å². The number of rotatable bonds is 10. The number of aliphatic imine (C=N–C) groups is 1. The summed E-state index contributed by atoms with van der Waals surface area (Å²) < 4.78 is 49.3. The van der Waals surface area contributed by atoms with Gasteiger partial charge in [0.25, 0.3) is 0 Å². The van der Waals surface area contributed by atoms with Crippen LogP contribution in [0.5, 0.6) is 11.5 Å². The molecule has 178 valence electrons. The van der Waals surface area contributed by atoms with E-state index in [9.17, 15) is 13.2 Å². The standard InChI is InChI=1S/C20H27F3N6O2.HI/c1-4-24-18(28-13-14(2)31-16-8-6-5-7-15(16)30-3)26-11-12-27-19-25-10-9-17(29-19)20(21,22)23;/h5-10,14H,4,11-13H2,1-3H3,(H2,24,26,28)(H,25,27,29);1H. The Balaban J connectivity index is 0.00000512. The van der Waals surface area contributed by atoms with Crippen LogP contribution in [0.25, 0.3) is 0 Å². The van der Waals surface area contributed by atoms with Crippen molar-refractivity contribution in [3.05, 3.63) is 42.2 Å². The second-order valence-electron chi connectivity index (χ2n) is 6.42. The number of nitrogens with one attached hydrogen (secondary N) is 3. The first-order valence-corrected chi connectivity index (χ1v) is 9.79. The number of aromatic nitrogens is 2. The highest BCUT2D eigenvalue weighted by Gasteiger charge is 2.32. The van der Waals surface area contributed by atoms with Crippen LogP contribution in [0.2, 0.25) is 0 Å². The van der Waals surface area contributed by atoms with Crippen molar-refractivity contribution in [1.82, 2.24) is 20.6 Å². The summed E-state index contributed by atoms with van der Waals surface area (Å²) in [5.41, 5.74) is -0.989. The molecule has 0 saturated carbocycles. The number of hydrogen-bond donors (Lipinski definition) is 3. The van der Waals surface area contributed by atoms with E-state index in [4.69, 9.17) is 9.47 Å². The number of alkyl halides is 3. The van der Waals surface area contributed by atoms with Crippen molar-refractivity contribution in [3.8, 4) is 11.5 Å². The first-order chi connectivity index (χ1) is 14.8. The fourth-order valence-corrected chi connectivity index (χ4v) is 2.49. The van der Waals surface area contributed by atoms with Crippen LogP contribution in [0, 0.1) is 0 Å². The van der Waals surface area contributed by atoms with E-state index in [1.165, 1.54) is 0 Å². The van der Waals surface area contributed by atoms with E-state index in [1.54, 1.807) is 7.11 Å². The van der Waals surface area contributed by atoms with Gasteiger partial charge in [0.05, 0.1) is 13.7 Å². The quantitative estimate of drug-likeness (QED) is 0.175. The number of hydrogen-bond acceptors (Lipinski definition) is 6. The maximum absolute atomic E-state index is 12.7. The molecule has 8 nitrogen and oxygen atoms in total. The number of methoxy groups -OCH3 is 1. The predicted molar refractivity (Wildman–Crippen MR) is 128 cm³/mol. The van der Waals surface area contributed by atoms with Gasteiger partial charge in [0, 0.05) is 25.8 Å². The van der Waals surface area contributed by atoms with E-state index in [0.717, 1.165) is 12.3 Å². The van der Waals surface area contributed by atoms with E-state index in [0.29, 0.717) is 43.6 Å². The fraction of sp³-hybridized carbons (Fsp3) is 0.450. The van der Waals surface area contributed by atoms with Crippen LogP contribution >= 0.6 is 24.0 Å². The number of anilines is 1. The molecule has 0 bridgehead atoms. The highest BCUT2D eigenvalue weighted by atomic mass is 127. The third-order valence-electron chi connectivity index (χ3n) is 3.89. The zero-order valence-electron chi connectivity index (χ0n) is 18.1. The lowest BCUT2D eigenvalue weighted by atomic mass is 10.3. The molecule has 0 aliphatic rings. The lowest BCUT2D eigenvalue weighted by Gasteiger charge is -2.17. The van der Waals surface area contributed by atoms with Gasteiger partial charge in [-0.05, 0) is 32.0 Å². The Bertz CT molecular complexity index is 854. The molecule has 0 saturated heterocycles. The summed E-state index contributed by atoms with van der Waals surface area (Å²) in [4.78, 5) is 11.7. The molecule has 1 atom stereocenters. The molecule has 2 rings (SSSR count). The predicted octanol–water partition coefficient (Wildman–Crippen LogP) is 3.56. The summed E-state index contributed by atoms with van der Waals surface area (Å²) in [5, 5.41) is 8.96. The maximum Gasteiger partial charge on any atom is 0.433 e. The smallest absolute Gasteiger partial charge is 0.433 e. The van der Waals surface area contributed by atoms with Gasteiger partial charge in [0.15, 0.2) is 17.5 Å². The van der Waals surface area contributed by atoms with Crippen molar-refractivity contribution in [2.75, 3.05) is 38.6 Å². The molecule has 12 heteroatoms. The molecule has 2 aromatic rings. The third kappa shape index (κ3) is 9.32. The molecule has 0 amide bonds. The van der Waals surface area contributed by atoms with Gasteiger partial charge >= 0.3 is 6.18 Å². The summed E-state index contributed by atoms with van der Waals surface area (Å²) in [6.45, 7) is 5.56. The third-order valence-corrected chi connectivity index (χ3v) is 3.89. The van der Waals surface area contributed by atoms with Crippen molar-refractivity contribution >= 4 is 35.9 Å². The lowest BCUT2D eigenvalue weighted by molar-refractivity contribution is -0.141. The Morgan fingerprint density at radius 3 is 2.50 bits per heavy atom. The molecule has 0 aliphatic carbocycles. The van der Waals surface area contributed by atoms with Gasteiger partial charge in [0.1, 0.15) is 11.8 Å². The maximum atomic E-state index is 12.7. The SMILES string of the molecule is CCNC(=NCC(C)Oc1ccccc1OC)NCCNc1nccc(C(F)(F)F)n1.I. The van der Waals surface area contributed by atoms with Gasteiger partial charge < -0.3 is 25.4 Å². The summed E-state index contributed by atoms with van der Waals surface area (Å²) in [5.74, 6) is 1.75. The van der Waals surface area contributed by atoms with Crippen LogP contribution in [-0.2, 0) is 6.18 Å². The molecule has 3 N–H and O–H groups in total. The number of benzene rings is 1. The van der Waals surface area contributed by atoms with Gasteiger partial charge in [0.2, 0.25) is 5.95 Å². The van der Waals surface area contributed by atoms with Gasteiger partial charge in [-0.2, -0.15) is 13.2 Å². The van der Waals surface area contributed by atoms with Crippen LogP contribution in [-0.4, -0.2) is 55.3 Å². The van der Waals surface area contributed by atoms with E-state index < -0.39 is 11.9 Å². The molecule has 0 spiro atoms. The van der Waals surface area contributed by atoms with Crippen LogP contribution in [0.3, 0.4) is 0 Å². The zero-order valence-corrected chi connectivity index (χ0v) is 20.4. The molecular weight excluding hydrogens is 540 g/mol. The molecule has 1 aromatic carbocycles. The van der Waals surface area contributed by atoms with Crippen molar-refractivity contribution < 1.29 is 22.6 Å². The molecule has 1 aromatic heterocycles. The number of guanidine groups is 1. The van der Waals surface area contributed by atoms with Crippen LogP contribution < -0.4 is 25.4 Å². The summed E-state index contributed by atoms with van der Waals surface area (Å²) in [6.07, 6.45) is -3.64. The molecule has 0 aliphatic heterocycles. The average Bonchev–Trinajstić information content (AvgIpc) is 2.75. The second kappa shape index (κ2) is 13.8. The van der Waals surface area contributed by atoms with E-state index in [-0.39, 0.29) is 36.0 Å². The molecule has 0 fully saturated rings. The Morgan fingerprint density at radius 2 is 1.84 bits per heavy atom. The zero-order chi connectivity index (χ0) is 22.7. The van der Waals surface area contributed by atoms with Gasteiger partial charge in [-0.25, -0.2) is 15.0 Å². The van der Waals surface area contributed by atoms with E-state index in [1.807, 2.05) is 38.1 Å². The second-order valence-corrected chi connectivity index (χ2v) is 6.42. The number of halogens is 4. The number of ether oxygens (including phenoxy) is 2. The molecule has 0 radical (unpaired) electrons. The van der Waals surface area contributed by atoms with E-state index in [2.05, 4.69) is 30.9 Å². The Kier molecular flexibility index (Phi) is 11.9. The van der Waals surface area contributed by atoms with Crippen molar-refractivity contribution in [3.63, 3.8) is 0 Å². The van der Waals surface area contributed by atoms with Crippen LogP contribution in [0.4, 0.5) is 19.1 Å². The molecule has 32 heavy (non-hydrogen) atoms. The van der Waals surface area contributed by atoms with Crippen molar-refractivity contribution in [2.45, 2.75) is 26.1 Å². The van der Waals surface area contributed by atoms with Gasteiger partial charge in [-0.3, -0.25) is 0 Å². The van der Waals surface area contributed by atoms with Crippen LogP contribution in [0.1, 0.15) is 19.5 Å². The first kappa shape index (κ1) is 27.5. The Morgan fingerprint density at radius 1 is 1.12 bits per heavy atom.